The van der Waals surface area contributed by atoms with E-state index >= 15 is 0 Å². The maximum atomic E-state index is 3.79. The molecular formula is C13H17N. The van der Waals surface area contributed by atoms with Crippen LogP contribution in [0, 0.1) is 6.92 Å². The first-order valence-electron chi connectivity index (χ1n) is 4.83. The van der Waals surface area contributed by atoms with Gasteiger partial charge in [-0.25, -0.2) is 0 Å². The second-order valence-corrected chi connectivity index (χ2v) is 3.38. The molecule has 0 bridgehead atoms. The molecule has 0 spiro atoms. The molecule has 14 heavy (non-hydrogen) atoms. The van der Waals surface area contributed by atoms with E-state index in [4.69, 9.17) is 0 Å². The molecule has 0 aliphatic rings. The van der Waals surface area contributed by atoms with Crippen LogP contribution in [0.3, 0.4) is 0 Å². The minimum absolute atomic E-state index is 0.272. The summed E-state index contributed by atoms with van der Waals surface area (Å²) < 4.78 is 0. The number of anilines is 1. The summed E-state index contributed by atoms with van der Waals surface area (Å²) in [5.74, 6) is 0. The molecular weight excluding hydrogens is 170 g/mol. The number of benzene rings is 1. The van der Waals surface area contributed by atoms with Crippen LogP contribution in [0.5, 0.6) is 0 Å². The Balaban J connectivity index is 2.66. The van der Waals surface area contributed by atoms with Gasteiger partial charge in [0.25, 0.3) is 0 Å². The topological polar surface area (TPSA) is 12.0 Å². The Morgan fingerprint density at radius 2 is 2.21 bits per heavy atom. The summed E-state index contributed by atoms with van der Waals surface area (Å²) in [6.07, 6.45) is 4.70. The van der Waals surface area contributed by atoms with Gasteiger partial charge in [-0.05, 0) is 31.0 Å². The summed E-state index contributed by atoms with van der Waals surface area (Å²) in [6.45, 7) is 9.59. The van der Waals surface area contributed by atoms with Crippen LogP contribution in [-0.2, 0) is 0 Å². The Morgan fingerprint density at radius 1 is 1.43 bits per heavy atom. The standard InChI is InChI=1S/C13H17N/c1-4-7-12(5-2)14-13-9-6-8-11(3)10-13/h4-6,8-10,12,14H,1-2,7H2,3H3. The zero-order chi connectivity index (χ0) is 10.4. The fourth-order valence-electron chi connectivity index (χ4n) is 1.34. The molecule has 0 aliphatic heterocycles. The van der Waals surface area contributed by atoms with Crippen molar-refractivity contribution in [3.05, 3.63) is 55.1 Å². The highest BCUT2D eigenvalue weighted by Gasteiger charge is 2.00. The minimum atomic E-state index is 0.272. The maximum absolute atomic E-state index is 3.79. The predicted octanol–water partition coefficient (Wildman–Crippen LogP) is 3.54. The number of rotatable bonds is 5. The summed E-state index contributed by atoms with van der Waals surface area (Å²) in [7, 11) is 0. The van der Waals surface area contributed by atoms with Crippen LogP contribution in [0.2, 0.25) is 0 Å². The average Bonchev–Trinajstić information content (AvgIpc) is 2.17. The van der Waals surface area contributed by atoms with Crippen LogP contribution in [0.15, 0.2) is 49.6 Å². The van der Waals surface area contributed by atoms with E-state index < -0.39 is 0 Å². The Labute approximate surface area is 86.2 Å². The van der Waals surface area contributed by atoms with E-state index in [1.165, 1.54) is 5.56 Å². The molecule has 1 aromatic rings. The molecule has 0 fully saturated rings. The van der Waals surface area contributed by atoms with Gasteiger partial charge in [0.1, 0.15) is 0 Å². The van der Waals surface area contributed by atoms with Crippen molar-refractivity contribution < 1.29 is 0 Å². The molecule has 1 nitrogen and oxygen atoms in total. The third-order valence-electron chi connectivity index (χ3n) is 2.08. The highest BCUT2D eigenvalue weighted by atomic mass is 14.9. The highest BCUT2D eigenvalue weighted by molar-refractivity contribution is 5.47. The lowest BCUT2D eigenvalue weighted by Gasteiger charge is -2.14. The van der Waals surface area contributed by atoms with Crippen LogP contribution in [0.25, 0.3) is 0 Å². The Kier molecular flexibility index (Phi) is 3.99. The highest BCUT2D eigenvalue weighted by Crippen LogP contribution is 2.12. The van der Waals surface area contributed by atoms with Crippen LogP contribution in [0.1, 0.15) is 12.0 Å². The molecule has 1 heteroatoms. The van der Waals surface area contributed by atoms with Gasteiger partial charge in [0.05, 0.1) is 0 Å². The molecule has 1 N–H and O–H groups in total. The average molecular weight is 187 g/mol. The first kappa shape index (κ1) is 10.6. The fourth-order valence-corrected chi connectivity index (χ4v) is 1.34. The summed E-state index contributed by atoms with van der Waals surface area (Å²) >= 11 is 0. The van der Waals surface area contributed by atoms with Crippen LogP contribution < -0.4 is 5.32 Å². The van der Waals surface area contributed by atoms with Gasteiger partial charge in [0.2, 0.25) is 0 Å². The molecule has 1 aromatic carbocycles. The molecule has 0 amide bonds. The Morgan fingerprint density at radius 3 is 2.79 bits per heavy atom. The molecule has 0 radical (unpaired) electrons. The van der Waals surface area contributed by atoms with E-state index in [-0.39, 0.29) is 6.04 Å². The van der Waals surface area contributed by atoms with E-state index in [2.05, 4.69) is 43.6 Å². The molecule has 1 rings (SSSR count). The molecule has 1 atom stereocenters. The summed E-state index contributed by atoms with van der Waals surface area (Å²) in [4.78, 5) is 0. The predicted molar refractivity (Wildman–Crippen MR) is 63.6 cm³/mol. The van der Waals surface area contributed by atoms with Crippen LogP contribution >= 0.6 is 0 Å². The third kappa shape index (κ3) is 3.09. The lowest BCUT2D eigenvalue weighted by Crippen LogP contribution is -2.15. The van der Waals surface area contributed by atoms with Crippen LogP contribution in [0.4, 0.5) is 5.69 Å². The molecule has 0 aliphatic carbocycles. The zero-order valence-electron chi connectivity index (χ0n) is 8.66. The number of aryl methyl sites for hydroxylation is 1. The van der Waals surface area contributed by atoms with Gasteiger partial charge in [-0.3, -0.25) is 0 Å². The van der Waals surface area contributed by atoms with Crippen molar-refractivity contribution in [2.24, 2.45) is 0 Å². The minimum Gasteiger partial charge on any atom is -0.379 e. The SMILES string of the molecule is C=CCC(C=C)Nc1cccc(C)c1. The van der Waals surface area contributed by atoms with Gasteiger partial charge in [-0.15, -0.1) is 13.2 Å². The zero-order valence-corrected chi connectivity index (χ0v) is 8.66. The van der Waals surface area contributed by atoms with Crippen molar-refractivity contribution in [2.45, 2.75) is 19.4 Å². The summed E-state index contributed by atoms with van der Waals surface area (Å²) in [5, 5.41) is 3.38. The molecule has 0 saturated carbocycles. The van der Waals surface area contributed by atoms with E-state index in [0.29, 0.717) is 0 Å². The normalized spacial score (nSPS) is 11.8. The fraction of sp³-hybridized carbons (Fsp3) is 0.231. The maximum Gasteiger partial charge on any atom is 0.0476 e. The lowest BCUT2D eigenvalue weighted by molar-refractivity contribution is 0.897. The van der Waals surface area contributed by atoms with Crippen LogP contribution in [-0.4, -0.2) is 6.04 Å². The van der Waals surface area contributed by atoms with E-state index in [1.807, 2.05) is 18.2 Å². The first-order valence-corrected chi connectivity index (χ1v) is 4.83. The molecule has 0 saturated heterocycles. The molecule has 1 unspecified atom stereocenters. The van der Waals surface area contributed by atoms with Gasteiger partial charge in [0, 0.05) is 11.7 Å². The Hall–Kier alpha value is -1.50. The summed E-state index contributed by atoms with van der Waals surface area (Å²) in [5.41, 5.74) is 2.40. The van der Waals surface area contributed by atoms with Gasteiger partial charge >= 0.3 is 0 Å². The second-order valence-electron chi connectivity index (χ2n) is 3.38. The molecule has 0 heterocycles. The molecule has 74 valence electrons. The summed E-state index contributed by atoms with van der Waals surface area (Å²) in [6, 6.07) is 8.59. The van der Waals surface area contributed by atoms with E-state index in [9.17, 15) is 0 Å². The third-order valence-corrected chi connectivity index (χ3v) is 2.08. The van der Waals surface area contributed by atoms with E-state index in [0.717, 1.165) is 12.1 Å². The van der Waals surface area contributed by atoms with Crippen molar-refractivity contribution >= 4 is 5.69 Å². The largest absolute Gasteiger partial charge is 0.379 e. The van der Waals surface area contributed by atoms with Crippen molar-refractivity contribution in [3.8, 4) is 0 Å². The Bertz CT molecular complexity index is 315. The van der Waals surface area contributed by atoms with Crippen molar-refractivity contribution in [1.29, 1.82) is 0 Å². The van der Waals surface area contributed by atoms with Gasteiger partial charge in [-0.1, -0.05) is 24.3 Å². The van der Waals surface area contributed by atoms with Gasteiger partial charge in [-0.2, -0.15) is 0 Å². The second kappa shape index (κ2) is 5.28. The van der Waals surface area contributed by atoms with E-state index in [1.54, 1.807) is 0 Å². The number of hydrogen-bond acceptors (Lipinski definition) is 1. The van der Waals surface area contributed by atoms with Crippen molar-refractivity contribution in [1.82, 2.24) is 0 Å². The number of nitrogens with one attached hydrogen (secondary N) is 1. The van der Waals surface area contributed by atoms with Gasteiger partial charge in [0.15, 0.2) is 0 Å². The lowest BCUT2D eigenvalue weighted by atomic mass is 10.1. The van der Waals surface area contributed by atoms with Crippen molar-refractivity contribution in [3.63, 3.8) is 0 Å². The van der Waals surface area contributed by atoms with Crippen molar-refractivity contribution in [2.75, 3.05) is 5.32 Å². The molecule has 0 aromatic heterocycles. The smallest absolute Gasteiger partial charge is 0.0476 e. The number of hydrogen-bond donors (Lipinski definition) is 1. The van der Waals surface area contributed by atoms with Gasteiger partial charge < -0.3 is 5.32 Å². The quantitative estimate of drug-likeness (QED) is 0.695. The monoisotopic (exact) mass is 187 g/mol. The first-order chi connectivity index (χ1) is 6.76.